The molecule has 0 radical (unpaired) electrons. The van der Waals surface area contributed by atoms with Crippen molar-refractivity contribution in [3.05, 3.63) is 18.0 Å². The summed E-state index contributed by atoms with van der Waals surface area (Å²) in [5.74, 6) is 0. The molecule has 12 heavy (non-hydrogen) atoms. The van der Waals surface area contributed by atoms with Crippen molar-refractivity contribution in [1.82, 2.24) is 4.98 Å². The largest absolute Gasteiger partial charge is 0.376 e. The lowest BCUT2D eigenvalue weighted by Crippen LogP contribution is -2.17. The summed E-state index contributed by atoms with van der Waals surface area (Å²) >= 11 is 0. The Balaban J connectivity index is 3.08. The van der Waals surface area contributed by atoms with E-state index in [1.165, 1.54) is 11.3 Å². The van der Waals surface area contributed by atoms with Crippen molar-refractivity contribution in [2.75, 3.05) is 19.0 Å². The second-order valence-electron chi connectivity index (χ2n) is 4.40. The van der Waals surface area contributed by atoms with Gasteiger partial charge in [-0.2, -0.15) is 0 Å². The van der Waals surface area contributed by atoms with Gasteiger partial charge in [0.25, 0.3) is 0 Å². The van der Waals surface area contributed by atoms with Gasteiger partial charge in [0.05, 0.1) is 5.69 Å². The molecule has 0 fully saturated rings. The van der Waals surface area contributed by atoms with Gasteiger partial charge < -0.3 is 9.88 Å². The SMILES string of the molecule is CN(C)c1c[nH]cc1C(C)(C)C. The van der Waals surface area contributed by atoms with Crippen LogP contribution in [0.2, 0.25) is 0 Å². The Morgan fingerprint density at radius 3 is 2.08 bits per heavy atom. The molecule has 68 valence electrons. The summed E-state index contributed by atoms with van der Waals surface area (Å²) < 4.78 is 0. The summed E-state index contributed by atoms with van der Waals surface area (Å²) in [7, 11) is 4.14. The van der Waals surface area contributed by atoms with Crippen LogP contribution >= 0.6 is 0 Å². The van der Waals surface area contributed by atoms with Crippen LogP contribution in [0.25, 0.3) is 0 Å². The molecule has 0 aliphatic heterocycles. The zero-order valence-electron chi connectivity index (χ0n) is 8.60. The van der Waals surface area contributed by atoms with Crippen LogP contribution in [-0.4, -0.2) is 19.1 Å². The minimum atomic E-state index is 0.222. The van der Waals surface area contributed by atoms with E-state index >= 15 is 0 Å². The quantitative estimate of drug-likeness (QED) is 0.678. The van der Waals surface area contributed by atoms with Gasteiger partial charge in [-0.25, -0.2) is 0 Å². The Kier molecular flexibility index (Phi) is 2.18. The van der Waals surface area contributed by atoms with Crippen LogP contribution in [0.4, 0.5) is 5.69 Å². The molecule has 1 heterocycles. The van der Waals surface area contributed by atoms with Gasteiger partial charge in [0, 0.05) is 26.5 Å². The second kappa shape index (κ2) is 2.85. The predicted octanol–water partition coefficient (Wildman–Crippen LogP) is 2.38. The van der Waals surface area contributed by atoms with Crippen molar-refractivity contribution in [3.8, 4) is 0 Å². The van der Waals surface area contributed by atoms with Gasteiger partial charge in [0.2, 0.25) is 0 Å². The maximum Gasteiger partial charge on any atom is 0.0576 e. The molecule has 1 rings (SSSR count). The van der Waals surface area contributed by atoms with Crippen LogP contribution in [0.3, 0.4) is 0 Å². The molecular weight excluding hydrogens is 148 g/mol. The van der Waals surface area contributed by atoms with Gasteiger partial charge in [0.15, 0.2) is 0 Å². The summed E-state index contributed by atoms with van der Waals surface area (Å²) in [4.78, 5) is 5.28. The molecular formula is C10H18N2. The minimum Gasteiger partial charge on any atom is -0.376 e. The van der Waals surface area contributed by atoms with Crippen LogP contribution in [0.15, 0.2) is 12.4 Å². The zero-order chi connectivity index (χ0) is 9.35. The van der Waals surface area contributed by atoms with E-state index in [1.54, 1.807) is 0 Å². The Morgan fingerprint density at radius 1 is 1.17 bits per heavy atom. The third kappa shape index (κ3) is 1.63. The van der Waals surface area contributed by atoms with Gasteiger partial charge in [-0.05, 0) is 11.0 Å². The van der Waals surface area contributed by atoms with Gasteiger partial charge in [-0.1, -0.05) is 20.8 Å². The molecule has 2 nitrogen and oxygen atoms in total. The van der Waals surface area contributed by atoms with E-state index in [1.807, 2.05) is 6.20 Å². The number of aromatic nitrogens is 1. The van der Waals surface area contributed by atoms with E-state index in [2.05, 4.69) is 50.9 Å². The van der Waals surface area contributed by atoms with Crippen molar-refractivity contribution in [3.63, 3.8) is 0 Å². The fourth-order valence-electron chi connectivity index (χ4n) is 1.33. The molecule has 0 aromatic carbocycles. The number of nitrogens with zero attached hydrogens (tertiary/aromatic N) is 1. The lowest BCUT2D eigenvalue weighted by Gasteiger charge is -2.22. The summed E-state index contributed by atoms with van der Waals surface area (Å²) in [5.41, 5.74) is 2.87. The zero-order valence-corrected chi connectivity index (χ0v) is 8.60. The van der Waals surface area contributed by atoms with Crippen LogP contribution in [-0.2, 0) is 5.41 Å². The van der Waals surface area contributed by atoms with Crippen molar-refractivity contribution in [2.24, 2.45) is 0 Å². The van der Waals surface area contributed by atoms with Gasteiger partial charge in [-0.3, -0.25) is 0 Å². The number of hydrogen-bond donors (Lipinski definition) is 1. The fraction of sp³-hybridized carbons (Fsp3) is 0.600. The molecule has 0 saturated carbocycles. The number of aromatic amines is 1. The Labute approximate surface area is 74.6 Å². The van der Waals surface area contributed by atoms with E-state index < -0.39 is 0 Å². The van der Waals surface area contributed by atoms with Crippen molar-refractivity contribution in [1.29, 1.82) is 0 Å². The number of nitrogens with one attached hydrogen (secondary N) is 1. The Bertz CT molecular complexity index is 253. The molecule has 0 unspecified atom stereocenters. The fourth-order valence-corrected chi connectivity index (χ4v) is 1.33. The van der Waals surface area contributed by atoms with E-state index in [4.69, 9.17) is 0 Å². The highest BCUT2D eigenvalue weighted by Crippen LogP contribution is 2.30. The van der Waals surface area contributed by atoms with E-state index in [-0.39, 0.29) is 5.41 Å². The van der Waals surface area contributed by atoms with E-state index in [0.29, 0.717) is 0 Å². The van der Waals surface area contributed by atoms with Gasteiger partial charge in [-0.15, -0.1) is 0 Å². The third-order valence-electron chi connectivity index (χ3n) is 2.01. The lowest BCUT2D eigenvalue weighted by molar-refractivity contribution is 0.591. The molecule has 1 N–H and O–H groups in total. The first-order chi connectivity index (χ1) is 5.43. The molecule has 0 saturated heterocycles. The second-order valence-corrected chi connectivity index (χ2v) is 4.40. The monoisotopic (exact) mass is 166 g/mol. The predicted molar refractivity (Wildman–Crippen MR) is 53.8 cm³/mol. The summed E-state index contributed by atoms with van der Waals surface area (Å²) in [6, 6.07) is 0. The van der Waals surface area contributed by atoms with E-state index in [0.717, 1.165) is 0 Å². The van der Waals surface area contributed by atoms with E-state index in [9.17, 15) is 0 Å². The molecule has 1 aromatic rings. The maximum atomic E-state index is 3.14. The highest BCUT2D eigenvalue weighted by atomic mass is 15.1. The number of hydrogen-bond acceptors (Lipinski definition) is 1. The van der Waals surface area contributed by atoms with Crippen LogP contribution in [0.1, 0.15) is 26.3 Å². The average molecular weight is 166 g/mol. The lowest BCUT2D eigenvalue weighted by atomic mass is 9.88. The minimum absolute atomic E-state index is 0.222. The number of H-pyrrole nitrogens is 1. The van der Waals surface area contributed by atoms with Crippen molar-refractivity contribution >= 4 is 5.69 Å². The van der Waals surface area contributed by atoms with Crippen LogP contribution in [0, 0.1) is 0 Å². The first-order valence-corrected chi connectivity index (χ1v) is 4.27. The number of anilines is 1. The first-order valence-electron chi connectivity index (χ1n) is 4.27. The normalized spacial score (nSPS) is 11.8. The van der Waals surface area contributed by atoms with Crippen LogP contribution < -0.4 is 4.90 Å². The Hall–Kier alpha value is -0.920. The molecule has 0 aliphatic rings. The highest BCUT2D eigenvalue weighted by molar-refractivity contribution is 5.53. The maximum absolute atomic E-state index is 3.14. The van der Waals surface area contributed by atoms with Crippen LogP contribution in [0.5, 0.6) is 0 Å². The molecule has 1 aromatic heterocycles. The smallest absolute Gasteiger partial charge is 0.0576 e. The Morgan fingerprint density at radius 2 is 1.75 bits per heavy atom. The molecule has 0 aliphatic carbocycles. The first kappa shape index (κ1) is 9.17. The summed E-state index contributed by atoms with van der Waals surface area (Å²) in [6.07, 6.45) is 4.12. The third-order valence-corrected chi connectivity index (χ3v) is 2.01. The van der Waals surface area contributed by atoms with Gasteiger partial charge >= 0.3 is 0 Å². The topological polar surface area (TPSA) is 19.0 Å². The van der Waals surface area contributed by atoms with Crippen molar-refractivity contribution in [2.45, 2.75) is 26.2 Å². The summed E-state index contributed by atoms with van der Waals surface area (Å²) in [6.45, 7) is 6.68. The average Bonchev–Trinajstić information content (AvgIpc) is 2.30. The van der Waals surface area contributed by atoms with Gasteiger partial charge in [0.1, 0.15) is 0 Å². The molecule has 2 heteroatoms. The number of rotatable bonds is 1. The van der Waals surface area contributed by atoms with Crippen molar-refractivity contribution < 1.29 is 0 Å². The molecule has 0 amide bonds. The standard InChI is InChI=1S/C10H18N2/c1-10(2,3)8-6-11-7-9(8)12(4)5/h6-7,11H,1-5H3. The molecule has 0 atom stereocenters. The highest BCUT2D eigenvalue weighted by Gasteiger charge is 2.19. The molecule has 0 bridgehead atoms. The summed E-state index contributed by atoms with van der Waals surface area (Å²) in [5, 5.41) is 0. The molecule has 0 spiro atoms.